The van der Waals surface area contributed by atoms with Gasteiger partial charge < -0.3 is 4.74 Å². The summed E-state index contributed by atoms with van der Waals surface area (Å²) in [5.74, 6) is -0.377. The van der Waals surface area contributed by atoms with Crippen molar-refractivity contribution in [3.8, 4) is 11.8 Å². The van der Waals surface area contributed by atoms with Crippen molar-refractivity contribution in [2.75, 3.05) is 13.2 Å². The fourth-order valence-corrected chi connectivity index (χ4v) is 2.18. The Morgan fingerprint density at radius 1 is 1.20 bits per heavy atom. The van der Waals surface area contributed by atoms with E-state index in [4.69, 9.17) is 10.00 Å². The molecule has 20 heavy (non-hydrogen) atoms. The number of benzene rings is 1. The number of likely N-dealkylation sites (tertiary alicyclic amines) is 1. The van der Waals surface area contributed by atoms with E-state index >= 15 is 0 Å². The number of amides is 2. The quantitative estimate of drug-likeness (QED) is 0.780. The molecule has 1 heterocycles. The maximum atomic E-state index is 11.9. The highest BCUT2D eigenvalue weighted by atomic mass is 16.5. The molecule has 2 atom stereocenters. The highest BCUT2D eigenvalue weighted by molar-refractivity contribution is 6.04. The Morgan fingerprint density at radius 2 is 1.80 bits per heavy atom. The number of nitrogens with zero attached hydrogens (tertiary/aromatic N) is 2. The SMILES string of the molecule is CC1C(=O)N(CCOc2ccccc2C#N)C(=O)C1C. The molecule has 1 aromatic rings. The van der Waals surface area contributed by atoms with Crippen LogP contribution in [0.2, 0.25) is 0 Å². The van der Waals surface area contributed by atoms with Gasteiger partial charge in [0.25, 0.3) is 0 Å². The Balaban J connectivity index is 1.96. The highest BCUT2D eigenvalue weighted by Gasteiger charge is 2.41. The summed E-state index contributed by atoms with van der Waals surface area (Å²) in [7, 11) is 0. The smallest absolute Gasteiger partial charge is 0.232 e. The lowest BCUT2D eigenvalue weighted by Crippen LogP contribution is -2.34. The van der Waals surface area contributed by atoms with Gasteiger partial charge in [0, 0.05) is 11.8 Å². The number of para-hydroxylation sites is 1. The van der Waals surface area contributed by atoms with Crippen molar-refractivity contribution >= 4 is 11.8 Å². The van der Waals surface area contributed by atoms with Gasteiger partial charge in [-0.25, -0.2) is 0 Å². The van der Waals surface area contributed by atoms with Crippen LogP contribution in [-0.4, -0.2) is 29.9 Å². The molecule has 1 aliphatic rings. The summed E-state index contributed by atoms with van der Waals surface area (Å²) in [6, 6.07) is 8.91. The molecule has 0 bridgehead atoms. The summed E-state index contributed by atoms with van der Waals surface area (Å²) < 4.78 is 5.49. The molecule has 1 aromatic carbocycles. The molecule has 0 saturated carbocycles. The number of rotatable bonds is 4. The zero-order chi connectivity index (χ0) is 14.7. The Bertz CT molecular complexity index is 557. The number of nitriles is 1. The standard InChI is InChI=1S/C15H16N2O3/c1-10-11(2)15(19)17(14(10)18)7-8-20-13-6-4-3-5-12(13)9-16/h3-6,10-11H,7-8H2,1-2H3. The molecule has 0 N–H and O–H groups in total. The number of carbonyl (C=O) groups is 2. The van der Waals surface area contributed by atoms with Crippen molar-refractivity contribution in [1.29, 1.82) is 5.26 Å². The van der Waals surface area contributed by atoms with Gasteiger partial charge in [0.05, 0.1) is 12.1 Å². The molecule has 0 aliphatic carbocycles. The Hall–Kier alpha value is -2.35. The predicted molar refractivity (Wildman–Crippen MR) is 71.7 cm³/mol. The maximum absolute atomic E-state index is 11.9. The van der Waals surface area contributed by atoms with Gasteiger partial charge in [-0.1, -0.05) is 26.0 Å². The average Bonchev–Trinajstić information content (AvgIpc) is 2.65. The van der Waals surface area contributed by atoms with E-state index in [9.17, 15) is 9.59 Å². The molecular formula is C15H16N2O3. The summed E-state index contributed by atoms with van der Waals surface area (Å²) >= 11 is 0. The van der Waals surface area contributed by atoms with Crippen LogP contribution in [0.1, 0.15) is 19.4 Å². The number of ether oxygens (including phenoxy) is 1. The monoisotopic (exact) mass is 272 g/mol. The number of hydrogen-bond donors (Lipinski definition) is 0. The summed E-state index contributed by atoms with van der Waals surface area (Å²) in [6.07, 6.45) is 0. The number of hydrogen-bond acceptors (Lipinski definition) is 4. The first-order valence-electron chi connectivity index (χ1n) is 6.53. The molecule has 104 valence electrons. The Labute approximate surface area is 117 Å². The molecule has 1 saturated heterocycles. The van der Waals surface area contributed by atoms with Crippen molar-refractivity contribution in [3.63, 3.8) is 0 Å². The molecule has 5 nitrogen and oxygen atoms in total. The van der Waals surface area contributed by atoms with Gasteiger partial charge in [-0.2, -0.15) is 5.26 Å². The minimum Gasteiger partial charge on any atom is -0.490 e. The third-order valence-electron chi connectivity index (χ3n) is 3.64. The van der Waals surface area contributed by atoms with Gasteiger partial charge >= 0.3 is 0 Å². The van der Waals surface area contributed by atoms with E-state index in [1.165, 1.54) is 4.90 Å². The average molecular weight is 272 g/mol. The molecule has 5 heteroatoms. The molecule has 2 unspecified atom stereocenters. The van der Waals surface area contributed by atoms with Crippen LogP contribution >= 0.6 is 0 Å². The fraction of sp³-hybridized carbons (Fsp3) is 0.400. The van der Waals surface area contributed by atoms with Gasteiger partial charge in [0.15, 0.2) is 0 Å². The first kappa shape index (κ1) is 14.1. The number of imide groups is 1. The minimum atomic E-state index is -0.270. The first-order chi connectivity index (χ1) is 9.56. The number of carbonyl (C=O) groups excluding carboxylic acids is 2. The Kier molecular flexibility index (Phi) is 4.04. The van der Waals surface area contributed by atoms with Crippen molar-refractivity contribution in [2.45, 2.75) is 13.8 Å². The van der Waals surface area contributed by atoms with Crippen molar-refractivity contribution < 1.29 is 14.3 Å². The van der Waals surface area contributed by atoms with E-state index in [0.29, 0.717) is 11.3 Å². The normalized spacial score (nSPS) is 21.9. The maximum Gasteiger partial charge on any atom is 0.232 e. The van der Waals surface area contributed by atoms with Crippen molar-refractivity contribution in [2.24, 2.45) is 11.8 Å². The van der Waals surface area contributed by atoms with Crippen LogP contribution < -0.4 is 4.74 Å². The molecule has 2 rings (SSSR count). The van der Waals surface area contributed by atoms with E-state index < -0.39 is 0 Å². The fourth-order valence-electron chi connectivity index (χ4n) is 2.18. The zero-order valence-corrected chi connectivity index (χ0v) is 11.5. The second-order valence-electron chi connectivity index (χ2n) is 4.86. The van der Waals surface area contributed by atoms with E-state index in [0.717, 1.165) is 0 Å². The second kappa shape index (κ2) is 5.74. The van der Waals surface area contributed by atoms with E-state index in [1.807, 2.05) is 6.07 Å². The first-order valence-corrected chi connectivity index (χ1v) is 6.53. The second-order valence-corrected chi connectivity index (χ2v) is 4.86. The highest BCUT2D eigenvalue weighted by Crippen LogP contribution is 2.25. The summed E-state index contributed by atoms with van der Waals surface area (Å²) in [5, 5.41) is 8.93. The summed E-state index contributed by atoms with van der Waals surface area (Å²) in [5.41, 5.74) is 0.438. The minimum absolute atomic E-state index is 0.153. The third kappa shape index (κ3) is 2.50. The molecule has 1 aliphatic heterocycles. The summed E-state index contributed by atoms with van der Waals surface area (Å²) in [4.78, 5) is 25.0. The van der Waals surface area contributed by atoms with E-state index in [-0.39, 0.29) is 36.8 Å². The molecule has 1 fully saturated rings. The lowest BCUT2D eigenvalue weighted by molar-refractivity contribution is -0.140. The topological polar surface area (TPSA) is 70.4 Å². The lowest BCUT2D eigenvalue weighted by Gasteiger charge is -2.15. The van der Waals surface area contributed by atoms with Crippen LogP contribution in [0.25, 0.3) is 0 Å². The zero-order valence-electron chi connectivity index (χ0n) is 11.5. The largest absolute Gasteiger partial charge is 0.490 e. The molecule has 2 amide bonds. The van der Waals surface area contributed by atoms with E-state index in [2.05, 4.69) is 0 Å². The van der Waals surface area contributed by atoms with Crippen LogP contribution in [0.4, 0.5) is 0 Å². The van der Waals surface area contributed by atoms with Crippen molar-refractivity contribution in [3.05, 3.63) is 29.8 Å². The molecular weight excluding hydrogens is 256 g/mol. The molecule has 0 aromatic heterocycles. The van der Waals surface area contributed by atoms with Crippen molar-refractivity contribution in [1.82, 2.24) is 4.90 Å². The van der Waals surface area contributed by atoms with Crippen LogP contribution in [0, 0.1) is 23.2 Å². The third-order valence-corrected chi connectivity index (χ3v) is 3.64. The van der Waals surface area contributed by atoms with Crippen LogP contribution in [0.15, 0.2) is 24.3 Å². The van der Waals surface area contributed by atoms with Gasteiger partial charge in [-0.15, -0.1) is 0 Å². The van der Waals surface area contributed by atoms with Gasteiger partial charge in [0.2, 0.25) is 11.8 Å². The van der Waals surface area contributed by atoms with Gasteiger partial charge in [-0.3, -0.25) is 14.5 Å². The summed E-state index contributed by atoms with van der Waals surface area (Å²) in [6.45, 7) is 3.93. The lowest BCUT2D eigenvalue weighted by atomic mass is 10.00. The van der Waals surface area contributed by atoms with Crippen LogP contribution in [0.3, 0.4) is 0 Å². The van der Waals surface area contributed by atoms with Crippen LogP contribution in [-0.2, 0) is 9.59 Å². The molecule has 0 radical (unpaired) electrons. The van der Waals surface area contributed by atoms with E-state index in [1.54, 1.807) is 38.1 Å². The Morgan fingerprint density at radius 3 is 2.40 bits per heavy atom. The predicted octanol–water partition coefficient (Wildman–Crippen LogP) is 1.58. The van der Waals surface area contributed by atoms with Crippen LogP contribution in [0.5, 0.6) is 5.75 Å². The van der Waals surface area contributed by atoms with Gasteiger partial charge in [0.1, 0.15) is 18.4 Å². The van der Waals surface area contributed by atoms with Gasteiger partial charge in [-0.05, 0) is 12.1 Å². The molecule has 0 spiro atoms.